The summed E-state index contributed by atoms with van der Waals surface area (Å²) in [7, 11) is 1.54. The summed E-state index contributed by atoms with van der Waals surface area (Å²) >= 11 is 12.3. The molecule has 2 aliphatic carbocycles. The summed E-state index contributed by atoms with van der Waals surface area (Å²) in [5.74, 6) is -0.226. The Kier molecular flexibility index (Phi) is 4.86. The Hall–Kier alpha value is -2.71. The number of nitrogens with zero attached hydrogens (tertiary/aromatic N) is 3. The molecule has 0 saturated heterocycles. The fraction of sp³-hybridized carbons (Fsp3) is 0.286. The summed E-state index contributed by atoms with van der Waals surface area (Å²) in [5, 5.41) is 13.3. The van der Waals surface area contributed by atoms with Gasteiger partial charge in [-0.3, -0.25) is 14.6 Å². The minimum atomic E-state index is -2.78. The molecule has 31 heavy (non-hydrogen) atoms. The van der Waals surface area contributed by atoms with Gasteiger partial charge in [0.15, 0.2) is 0 Å². The summed E-state index contributed by atoms with van der Waals surface area (Å²) in [4.78, 5) is 13.1. The van der Waals surface area contributed by atoms with E-state index in [9.17, 15) is 13.6 Å². The minimum Gasteiger partial charge on any atom is -0.322 e. The van der Waals surface area contributed by atoms with Crippen molar-refractivity contribution >= 4 is 34.8 Å². The van der Waals surface area contributed by atoms with Crippen molar-refractivity contribution in [3.8, 4) is 11.3 Å². The van der Waals surface area contributed by atoms with Crippen molar-refractivity contribution in [1.82, 2.24) is 20.0 Å². The predicted molar refractivity (Wildman–Crippen MR) is 114 cm³/mol. The van der Waals surface area contributed by atoms with Crippen molar-refractivity contribution in [2.75, 3.05) is 5.32 Å². The summed E-state index contributed by atoms with van der Waals surface area (Å²) in [6.07, 6.45) is 1.85. The molecular formula is C21H17Cl2F2N5O. The van der Waals surface area contributed by atoms with Gasteiger partial charge in [0.2, 0.25) is 0 Å². The molecule has 1 saturated carbocycles. The molecule has 6 nitrogen and oxygen atoms in total. The lowest BCUT2D eigenvalue weighted by Crippen LogP contribution is -2.15. The Morgan fingerprint density at radius 2 is 2.06 bits per heavy atom. The molecule has 10 heteroatoms. The van der Waals surface area contributed by atoms with E-state index in [4.69, 9.17) is 23.2 Å². The lowest BCUT2D eigenvalue weighted by Gasteiger charge is -2.18. The maximum atomic E-state index is 13.4. The molecule has 0 radical (unpaired) electrons. The van der Waals surface area contributed by atoms with Crippen LogP contribution in [0.1, 0.15) is 58.3 Å². The SMILES string of the molecule is Cn1cc(-c2[nH]ncc2C(=O)Nc2cccc3c2[C@@H]2CC[C@H]3C2=C(Cl)Cl)c(C(F)F)n1. The van der Waals surface area contributed by atoms with Crippen molar-refractivity contribution in [3.05, 3.63) is 63.0 Å². The number of aromatic amines is 1. The van der Waals surface area contributed by atoms with E-state index in [0.29, 0.717) is 5.69 Å². The molecule has 3 aromatic rings. The van der Waals surface area contributed by atoms with Gasteiger partial charge in [-0.05, 0) is 35.6 Å². The smallest absolute Gasteiger partial charge is 0.282 e. The molecule has 1 fully saturated rings. The van der Waals surface area contributed by atoms with Gasteiger partial charge in [-0.1, -0.05) is 35.3 Å². The number of aromatic nitrogens is 4. The highest BCUT2D eigenvalue weighted by atomic mass is 35.5. The number of aryl methyl sites for hydroxylation is 1. The minimum absolute atomic E-state index is 0.0640. The first-order chi connectivity index (χ1) is 14.9. The van der Waals surface area contributed by atoms with Crippen LogP contribution in [0.5, 0.6) is 0 Å². The molecule has 2 aliphatic rings. The van der Waals surface area contributed by atoms with Gasteiger partial charge in [-0.2, -0.15) is 10.2 Å². The number of fused-ring (bicyclic) bond motifs is 5. The van der Waals surface area contributed by atoms with E-state index in [-0.39, 0.29) is 33.1 Å². The summed E-state index contributed by atoms with van der Waals surface area (Å²) in [5.41, 5.74) is 3.86. The second-order valence-electron chi connectivity index (χ2n) is 7.72. The van der Waals surface area contributed by atoms with Gasteiger partial charge in [-0.25, -0.2) is 8.78 Å². The Morgan fingerprint density at radius 3 is 2.81 bits per heavy atom. The van der Waals surface area contributed by atoms with E-state index in [1.807, 2.05) is 18.2 Å². The van der Waals surface area contributed by atoms with Gasteiger partial charge in [0, 0.05) is 36.3 Å². The highest BCUT2D eigenvalue weighted by Gasteiger charge is 2.44. The number of carbonyl (C=O) groups excluding carboxylic acids is 1. The van der Waals surface area contributed by atoms with Gasteiger partial charge in [-0.15, -0.1) is 0 Å². The number of hydrogen-bond acceptors (Lipinski definition) is 3. The molecule has 2 bridgehead atoms. The zero-order valence-electron chi connectivity index (χ0n) is 16.3. The van der Waals surface area contributed by atoms with Gasteiger partial charge in [0.25, 0.3) is 12.3 Å². The number of H-pyrrole nitrogens is 1. The summed E-state index contributed by atoms with van der Waals surface area (Å²) in [6.45, 7) is 0. The van der Waals surface area contributed by atoms with Crippen LogP contribution >= 0.6 is 23.2 Å². The monoisotopic (exact) mass is 463 g/mol. The van der Waals surface area contributed by atoms with Crippen LogP contribution < -0.4 is 5.32 Å². The topological polar surface area (TPSA) is 75.6 Å². The number of benzene rings is 1. The first-order valence-corrected chi connectivity index (χ1v) is 10.5. The fourth-order valence-electron chi connectivity index (χ4n) is 4.87. The second-order valence-corrected chi connectivity index (χ2v) is 8.67. The molecule has 0 spiro atoms. The second kappa shape index (κ2) is 7.46. The van der Waals surface area contributed by atoms with Crippen LogP contribution in [0.25, 0.3) is 11.3 Å². The van der Waals surface area contributed by atoms with E-state index in [2.05, 4.69) is 20.6 Å². The van der Waals surface area contributed by atoms with Crippen molar-refractivity contribution in [3.63, 3.8) is 0 Å². The molecule has 2 heterocycles. The van der Waals surface area contributed by atoms with Crippen molar-refractivity contribution in [1.29, 1.82) is 0 Å². The number of hydrogen-bond donors (Lipinski definition) is 2. The Balaban J connectivity index is 1.50. The Labute approximate surface area is 186 Å². The Bertz CT molecular complexity index is 1230. The maximum absolute atomic E-state index is 13.4. The lowest BCUT2D eigenvalue weighted by molar-refractivity contribution is 0.102. The highest BCUT2D eigenvalue weighted by Crippen LogP contribution is 2.60. The zero-order chi connectivity index (χ0) is 21.9. The number of anilines is 1. The fourth-order valence-corrected chi connectivity index (χ4v) is 5.40. The summed E-state index contributed by atoms with van der Waals surface area (Å²) < 4.78 is 28.4. The van der Waals surface area contributed by atoms with Crippen LogP contribution in [0.4, 0.5) is 14.5 Å². The van der Waals surface area contributed by atoms with Crippen molar-refractivity contribution < 1.29 is 13.6 Å². The molecule has 160 valence electrons. The first-order valence-electron chi connectivity index (χ1n) is 9.71. The number of nitrogens with one attached hydrogen (secondary N) is 2. The number of carbonyl (C=O) groups is 1. The van der Waals surface area contributed by atoms with Crippen LogP contribution in [0.15, 0.2) is 40.7 Å². The van der Waals surface area contributed by atoms with Crippen LogP contribution in [0.2, 0.25) is 0 Å². The van der Waals surface area contributed by atoms with E-state index in [1.54, 1.807) is 7.05 Å². The van der Waals surface area contributed by atoms with Crippen LogP contribution in [-0.2, 0) is 7.05 Å². The first kappa shape index (κ1) is 20.2. The number of allylic oxidation sites excluding steroid dienone is 1. The molecule has 2 atom stereocenters. The maximum Gasteiger partial charge on any atom is 0.282 e. The molecule has 1 aromatic carbocycles. The van der Waals surface area contributed by atoms with Crippen molar-refractivity contribution in [2.24, 2.45) is 7.05 Å². The third-order valence-electron chi connectivity index (χ3n) is 6.04. The number of amides is 1. The van der Waals surface area contributed by atoms with E-state index in [0.717, 1.165) is 29.5 Å². The Morgan fingerprint density at radius 1 is 1.29 bits per heavy atom. The highest BCUT2D eigenvalue weighted by molar-refractivity contribution is 6.56. The quantitative estimate of drug-likeness (QED) is 0.523. The van der Waals surface area contributed by atoms with Gasteiger partial charge in [0.05, 0.1) is 17.5 Å². The van der Waals surface area contributed by atoms with E-state index < -0.39 is 18.0 Å². The molecule has 0 unspecified atom stereocenters. The predicted octanol–water partition coefficient (Wildman–Crippen LogP) is 5.66. The molecular weight excluding hydrogens is 447 g/mol. The molecule has 2 N–H and O–H groups in total. The van der Waals surface area contributed by atoms with Gasteiger partial charge < -0.3 is 5.32 Å². The normalized spacial score (nSPS) is 19.2. The average Bonchev–Trinajstić information content (AvgIpc) is 3.49. The number of rotatable bonds is 4. The number of halogens is 4. The molecule has 2 aromatic heterocycles. The lowest BCUT2D eigenvalue weighted by atomic mass is 9.90. The van der Waals surface area contributed by atoms with Gasteiger partial charge >= 0.3 is 0 Å². The molecule has 5 rings (SSSR count). The number of alkyl halides is 2. The average molecular weight is 464 g/mol. The van der Waals surface area contributed by atoms with Crippen LogP contribution in [-0.4, -0.2) is 25.9 Å². The standard InChI is InChI=1S/C21H17Cl2F2N5O/c1-30-8-13(18(29-30)20(24)25)17-12(7-26-28-17)21(31)27-14-4-2-3-9-10-5-6-11(15(9)14)16(10)19(22)23/h2-4,7-8,10-11,20H,5-6H2,1H3,(H,26,28)(H,27,31)/t10-,11+/m1/s1. The van der Waals surface area contributed by atoms with Crippen LogP contribution in [0, 0.1) is 0 Å². The van der Waals surface area contributed by atoms with Crippen molar-refractivity contribution in [2.45, 2.75) is 31.1 Å². The zero-order valence-corrected chi connectivity index (χ0v) is 17.8. The third kappa shape index (κ3) is 3.16. The van der Waals surface area contributed by atoms with Gasteiger partial charge in [0.1, 0.15) is 10.2 Å². The largest absolute Gasteiger partial charge is 0.322 e. The van der Waals surface area contributed by atoms with E-state index >= 15 is 0 Å². The molecule has 0 aliphatic heterocycles. The summed E-state index contributed by atoms with van der Waals surface area (Å²) in [6, 6.07) is 5.73. The third-order valence-corrected chi connectivity index (χ3v) is 6.48. The molecule has 1 amide bonds. The van der Waals surface area contributed by atoms with Crippen LogP contribution in [0.3, 0.4) is 0 Å². The van der Waals surface area contributed by atoms with E-state index in [1.165, 1.54) is 17.1 Å².